The van der Waals surface area contributed by atoms with Crippen LogP contribution in [-0.2, 0) is 14.3 Å². The Bertz CT molecular complexity index is 1290. The van der Waals surface area contributed by atoms with Gasteiger partial charge in [-0.15, -0.1) is 0 Å². The number of anilines is 1. The van der Waals surface area contributed by atoms with Crippen molar-refractivity contribution < 1.29 is 14.3 Å². The third kappa shape index (κ3) is 4.87. The quantitative estimate of drug-likeness (QED) is 0.573. The summed E-state index contributed by atoms with van der Waals surface area (Å²) in [5.74, 6) is 1.46. The molecule has 3 aliphatic rings. The smallest absolute Gasteiger partial charge is 0.272 e. The molecule has 1 aliphatic carbocycles. The SMILES string of the molecule is CN1C(=O)C(NC(=S)NCC2C=C3OCOC3=CC2)N=C(c2ccccc2Cl)c2cc(Cl)ccc21. The lowest BCUT2D eigenvalue weighted by Gasteiger charge is -2.23. The van der Waals surface area contributed by atoms with Crippen molar-refractivity contribution in [1.29, 1.82) is 0 Å². The summed E-state index contributed by atoms with van der Waals surface area (Å²) in [6.45, 7) is 0.810. The van der Waals surface area contributed by atoms with Crippen LogP contribution in [0.5, 0.6) is 0 Å². The van der Waals surface area contributed by atoms with E-state index in [1.165, 1.54) is 0 Å². The van der Waals surface area contributed by atoms with Crippen LogP contribution in [0.4, 0.5) is 5.69 Å². The minimum absolute atomic E-state index is 0.177. The number of hydrogen-bond acceptors (Lipinski definition) is 5. The number of fused-ring (bicyclic) bond motifs is 2. The van der Waals surface area contributed by atoms with Gasteiger partial charge in [0.25, 0.3) is 5.91 Å². The van der Waals surface area contributed by atoms with Gasteiger partial charge in [-0.2, -0.15) is 0 Å². The Kier molecular flexibility index (Phi) is 6.69. The fourth-order valence-corrected chi connectivity index (χ4v) is 4.77. The molecule has 5 rings (SSSR count). The molecular weight excluding hydrogens is 507 g/mol. The molecule has 1 fully saturated rings. The summed E-state index contributed by atoms with van der Waals surface area (Å²) < 4.78 is 10.9. The molecule has 1 amide bonds. The minimum atomic E-state index is -0.958. The molecular formula is C25H22Cl2N4O3S. The normalized spacial score (nSPS) is 20.8. The van der Waals surface area contributed by atoms with Crippen LogP contribution in [0.1, 0.15) is 17.5 Å². The second-order valence-electron chi connectivity index (χ2n) is 8.27. The molecule has 2 N–H and O–H groups in total. The molecule has 35 heavy (non-hydrogen) atoms. The third-order valence-electron chi connectivity index (χ3n) is 5.98. The van der Waals surface area contributed by atoms with E-state index in [0.29, 0.717) is 44.2 Å². The zero-order valence-corrected chi connectivity index (χ0v) is 21.1. The number of aliphatic imine (C=N–C) groups is 1. The summed E-state index contributed by atoms with van der Waals surface area (Å²) in [5.41, 5.74) is 2.64. The molecule has 2 aromatic rings. The zero-order valence-electron chi connectivity index (χ0n) is 18.8. The second-order valence-corrected chi connectivity index (χ2v) is 9.53. The number of halogens is 2. The lowest BCUT2D eigenvalue weighted by molar-refractivity contribution is -0.119. The molecule has 2 heterocycles. The van der Waals surface area contributed by atoms with Gasteiger partial charge in [-0.1, -0.05) is 41.4 Å². The number of likely N-dealkylation sites (N-methyl/N-ethyl adjacent to an activating group) is 1. The Morgan fingerprint density at radius 2 is 1.97 bits per heavy atom. The van der Waals surface area contributed by atoms with E-state index in [1.54, 1.807) is 36.2 Å². The number of amides is 1. The van der Waals surface area contributed by atoms with Crippen molar-refractivity contribution in [2.45, 2.75) is 12.6 Å². The molecule has 0 spiro atoms. The number of hydrogen-bond donors (Lipinski definition) is 2. The van der Waals surface area contributed by atoms with Gasteiger partial charge in [-0.05, 0) is 55.1 Å². The third-order valence-corrected chi connectivity index (χ3v) is 6.81. The molecule has 0 bridgehead atoms. The van der Waals surface area contributed by atoms with Gasteiger partial charge in [-0.25, -0.2) is 4.99 Å². The molecule has 2 unspecified atom stereocenters. The first kappa shape index (κ1) is 23.7. The fraction of sp³-hybridized carbons (Fsp3) is 0.240. The molecule has 0 radical (unpaired) electrons. The van der Waals surface area contributed by atoms with Crippen LogP contribution in [0.2, 0.25) is 10.0 Å². The Labute approximate surface area is 218 Å². The van der Waals surface area contributed by atoms with E-state index in [4.69, 9.17) is 49.9 Å². The maximum absolute atomic E-state index is 13.4. The highest BCUT2D eigenvalue weighted by molar-refractivity contribution is 7.80. The number of nitrogens with zero attached hydrogens (tertiary/aromatic N) is 2. The fourth-order valence-electron chi connectivity index (χ4n) is 4.18. The number of thiocarbonyl (C=S) groups is 1. The van der Waals surface area contributed by atoms with Crippen LogP contribution in [0.3, 0.4) is 0 Å². The van der Waals surface area contributed by atoms with Crippen LogP contribution in [-0.4, -0.2) is 43.3 Å². The topological polar surface area (TPSA) is 75.2 Å². The summed E-state index contributed by atoms with van der Waals surface area (Å²) in [7, 11) is 1.70. The van der Waals surface area contributed by atoms with Crippen LogP contribution in [0.15, 0.2) is 71.1 Å². The first-order valence-corrected chi connectivity index (χ1v) is 12.2. The number of allylic oxidation sites excluding steroid dienone is 1. The maximum atomic E-state index is 13.4. The lowest BCUT2D eigenvalue weighted by Crippen LogP contribution is -2.49. The van der Waals surface area contributed by atoms with Crippen LogP contribution in [0.25, 0.3) is 0 Å². The number of rotatable bonds is 4. The van der Waals surface area contributed by atoms with E-state index in [2.05, 4.69) is 10.6 Å². The predicted molar refractivity (Wildman–Crippen MR) is 141 cm³/mol. The molecule has 1 saturated heterocycles. The van der Waals surface area contributed by atoms with Crippen molar-refractivity contribution in [1.82, 2.24) is 10.6 Å². The number of benzene rings is 2. The highest BCUT2D eigenvalue weighted by Gasteiger charge is 2.31. The van der Waals surface area contributed by atoms with E-state index in [9.17, 15) is 4.79 Å². The average Bonchev–Trinajstić information content (AvgIpc) is 3.29. The van der Waals surface area contributed by atoms with E-state index < -0.39 is 6.17 Å². The van der Waals surface area contributed by atoms with Crippen molar-refractivity contribution in [2.24, 2.45) is 10.9 Å². The van der Waals surface area contributed by atoms with E-state index in [1.807, 2.05) is 30.4 Å². The highest BCUT2D eigenvalue weighted by Crippen LogP contribution is 2.32. The van der Waals surface area contributed by atoms with E-state index in [-0.39, 0.29) is 18.6 Å². The molecule has 180 valence electrons. The molecule has 0 saturated carbocycles. The predicted octanol–water partition coefficient (Wildman–Crippen LogP) is 4.39. The first-order chi connectivity index (χ1) is 16.9. The number of carbonyl (C=O) groups is 1. The Hall–Kier alpha value is -3.07. The van der Waals surface area contributed by atoms with Crippen molar-refractivity contribution in [3.63, 3.8) is 0 Å². The van der Waals surface area contributed by atoms with Gasteiger partial charge < -0.3 is 25.0 Å². The summed E-state index contributed by atoms with van der Waals surface area (Å²) >= 11 is 18.3. The highest BCUT2D eigenvalue weighted by atomic mass is 35.5. The summed E-state index contributed by atoms with van der Waals surface area (Å²) in [6, 6.07) is 12.7. The Balaban J connectivity index is 1.39. The standard InChI is InChI=1S/C25H22Cl2N4O3S/c1-31-19-8-7-15(26)11-17(19)22(16-4-2-3-5-18(16)27)29-23(24(31)32)30-25(35)28-12-14-6-9-20-21(10-14)34-13-33-20/h2-5,7-11,14,23H,6,12-13H2,1H3,(H2,28,30,35). The second kappa shape index (κ2) is 9.89. The van der Waals surface area contributed by atoms with E-state index in [0.717, 1.165) is 17.9 Å². The van der Waals surface area contributed by atoms with Crippen molar-refractivity contribution in [3.8, 4) is 0 Å². The van der Waals surface area contributed by atoms with Gasteiger partial charge in [0.15, 0.2) is 16.6 Å². The summed E-state index contributed by atoms with van der Waals surface area (Å²) in [4.78, 5) is 19.7. The van der Waals surface area contributed by atoms with Crippen molar-refractivity contribution in [3.05, 3.63) is 87.3 Å². The van der Waals surface area contributed by atoms with Crippen molar-refractivity contribution in [2.75, 3.05) is 25.3 Å². The number of benzodiazepines with no additional fused rings is 1. The van der Waals surface area contributed by atoms with Gasteiger partial charge in [-0.3, -0.25) is 4.79 Å². The molecule has 0 aromatic heterocycles. The lowest BCUT2D eigenvalue weighted by atomic mass is 9.99. The number of ether oxygens (including phenoxy) is 2. The molecule has 7 nitrogen and oxygen atoms in total. The van der Waals surface area contributed by atoms with Crippen LogP contribution >= 0.6 is 35.4 Å². The van der Waals surface area contributed by atoms with Crippen LogP contribution < -0.4 is 15.5 Å². The number of nitrogens with one attached hydrogen (secondary N) is 2. The van der Waals surface area contributed by atoms with Gasteiger partial charge in [0, 0.05) is 40.7 Å². The van der Waals surface area contributed by atoms with Crippen LogP contribution in [0, 0.1) is 5.92 Å². The van der Waals surface area contributed by atoms with Crippen molar-refractivity contribution >= 4 is 57.8 Å². The first-order valence-electron chi connectivity index (χ1n) is 11.0. The minimum Gasteiger partial charge on any atom is -0.454 e. The van der Waals surface area contributed by atoms with Gasteiger partial charge in [0.05, 0.1) is 11.4 Å². The molecule has 2 atom stereocenters. The monoisotopic (exact) mass is 528 g/mol. The molecule has 2 aromatic carbocycles. The van der Waals surface area contributed by atoms with Gasteiger partial charge in [0.2, 0.25) is 13.0 Å². The maximum Gasteiger partial charge on any atom is 0.272 e. The molecule has 10 heteroatoms. The Morgan fingerprint density at radius 3 is 2.80 bits per heavy atom. The zero-order chi connectivity index (χ0) is 24.5. The Morgan fingerprint density at radius 1 is 1.17 bits per heavy atom. The summed E-state index contributed by atoms with van der Waals surface area (Å²) in [5, 5.41) is 7.63. The van der Waals surface area contributed by atoms with Gasteiger partial charge in [0.1, 0.15) is 0 Å². The molecule has 2 aliphatic heterocycles. The van der Waals surface area contributed by atoms with Gasteiger partial charge >= 0.3 is 0 Å². The average molecular weight is 529 g/mol. The van der Waals surface area contributed by atoms with E-state index >= 15 is 0 Å². The number of carbonyl (C=O) groups excluding carboxylic acids is 1. The summed E-state index contributed by atoms with van der Waals surface area (Å²) in [6.07, 6.45) is 3.88. The largest absolute Gasteiger partial charge is 0.454 e.